The molecule has 0 radical (unpaired) electrons. The van der Waals surface area contributed by atoms with Gasteiger partial charge >= 0.3 is 6.09 Å². The minimum atomic E-state index is -0.628. The molecule has 1 amide bonds. The molecule has 0 atom stereocenters. The molecule has 0 spiro atoms. The monoisotopic (exact) mass is 405 g/mol. The van der Waals surface area contributed by atoms with E-state index >= 15 is 0 Å². The van der Waals surface area contributed by atoms with Crippen molar-refractivity contribution in [3.8, 4) is 5.75 Å². The molecule has 28 heavy (non-hydrogen) atoms. The summed E-state index contributed by atoms with van der Waals surface area (Å²) in [6, 6.07) is 16.8. The molecule has 0 saturated heterocycles. The molecular weight excluding hydrogens is 378 g/mol. The Balaban J connectivity index is 0.00000392. The smallest absolute Gasteiger partial charge is 0.437 e. The van der Waals surface area contributed by atoms with Gasteiger partial charge in [-0.3, -0.25) is 10.2 Å². The fourth-order valence-electron chi connectivity index (χ4n) is 2.59. The summed E-state index contributed by atoms with van der Waals surface area (Å²) >= 11 is 0. The first kappa shape index (κ1) is 23.5. The van der Waals surface area contributed by atoms with Gasteiger partial charge in [0, 0.05) is 18.7 Å². The second kappa shape index (κ2) is 12.8. The van der Waals surface area contributed by atoms with Crippen molar-refractivity contribution in [3.63, 3.8) is 0 Å². The molecule has 2 aromatic rings. The SMILES string of the molecule is CCN(CC)CC/C(=N/OC(=O)Nc1ccc(OC)cc1)c1ccccc1.Cl. The lowest BCUT2D eigenvalue weighted by Gasteiger charge is -2.18. The molecule has 2 rings (SSSR count). The van der Waals surface area contributed by atoms with Gasteiger partial charge in [0.2, 0.25) is 0 Å². The molecule has 2 aromatic carbocycles. The number of benzene rings is 2. The lowest BCUT2D eigenvalue weighted by Crippen LogP contribution is -2.26. The van der Waals surface area contributed by atoms with E-state index in [2.05, 4.69) is 29.2 Å². The molecule has 1 N–H and O–H groups in total. The van der Waals surface area contributed by atoms with Gasteiger partial charge < -0.3 is 9.64 Å². The summed E-state index contributed by atoms with van der Waals surface area (Å²) in [5, 5.41) is 6.77. The maximum atomic E-state index is 12.1. The van der Waals surface area contributed by atoms with Gasteiger partial charge in [-0.2, -0.15) is 0 Å². The average Bonchev–Trinajstić information content (AvgIpc) is 2.72. The summed E-state index contributed by atoms with van der Waals surface area (Å²) in [6.07, 6.45) is 0.0676. The second-order valence-corrected chi connectivity index (χ2v) is 5.91. The van der Waals surface area contributed by atoms with E-state index < -0.39 is 6.09 Å². The first-order valence-corrected chi connectivity index (χ1v) is 9.13. The molecule has 0 aliphatic rings. The highest BCUT2D eigenvalue weighted by molar-refractivity contribution is 6.00. The maximum Gasteiger partial charge on any atom is 0.437 e. The highest BCUT2D eigenvalue weighted by atomic mass is 35.5. The van der Waals surface area contributed by atoms with Gasteiger partial charge in [0.15, 0.2) is 0 Å². The average molecular weight is 406 g/mol. The minimum Gasteiger partial charge on any atom is -0.497 e. The van der Waals surface area contributed by atoms with Gasteiger partial charge in [-0.1, -0.05) is 49.3 Å². The van der Waals surface area contributed by atoms with Gasteiger partial charge in [-0.25, -0.2) is 4.79 Å². The second-order valence-electron chi connectivity index (χ2n) is 5.91. The fourth-order valence-corrected chi connectivity index (χ4v) is 2.59. The largest absolute Gasteiger partial charge is 0.497 e. The fraction of sp³-hybridized carbons (Fsp3) is 0.333. The number of methoxy groups -OCH3 is 1. The number of amides is 1. The number of halogens is 1. The quantitative estimate of drug-likeness (QED) is 0.369. The molecule has 0 unspecified atom stereocenters. The van der Waals surface area contributed by atoms with Gasteiger partial charge in [0.25, 0.3) is 0 Å². The van der Waals surface area contributed by atoms with Crippen molar-refractivity contribution < 1.29 is 14.4 Å². The summed E-state index contributed by atoms with van der Waals surface area (Å²) in [4.78, 5) is 19.5. The predicted molar refractivity (Wildman–Crippen MR) is 116 cm³/mol. The Morgan fingerprint density at radius 3 is 2.25 bits per heavy atom. The molecule has 0 saturated carbocycles. The van der Waals surface area contributed by atoms with E-state index in [1.54, 1.807) is 31.4 Å². The lowest BCUT2D eigenvalue weighted by atomic mass is 10.1. The van der Waals surface area contributed by atoms with E-state index in [0.29, 0.717) is 12.1 Å². The van der Waals surface area contributed by atoms with E-state index in [-0.39, 0.29) is 12.4 Å². The standard InChI is InChI=1S/C21H27N3O3.ClH/c1-4-24(5-2)16-15-20(17-9-7-6-8-10-17)23-27-21(25)22-18-11-13-19(26-3)14-12-18;/h6-14H,4-5,15-16H2,1-3H3,(H,22,25);1H/b23-20-;. The van der Waals surface area contributed by atoms with Crippen molar-refractivity contribution in [2.75, 3.05) is 32.1 Å². The van der Waals surface area contributed by atoms with Crippen LogP contribution in [0.2, 0.25) is 0 Å². The molecule has 6 nitrogen and oxygen atoms in total. The molecule has 7 heteroatoms. The maximum absolute atomic E-state index is 12.1. The van der Waals surface area contributed by atoms with Crippen LogP contribution in [0.15, 0.2) is 59.8 Å². The van der Waals surface area contributed by atoms with Gasteiger partial charge in [0.05, 0.1) is 12.8 Å². The third-order valence-corrected chi connectivity index (χ3v) is 4.24. The predicted octanol–water partition coefficient (Wildman–Crippen LogP) is 4.80. The molecule has 0 aliphatic heterocycles. The van der Waals surface area contributed by atoms with E-state index in [1.165, 1.54) is 0 Å². The van der Waals surface area contributed by atoms with Crippen molar-refractivity contribution in [1.29, 1.82) is 0 Å². The van der Waals surface area contributed by atoms with Crippen molar-refractivity contribution in [2.24, 2.45) is 5.16 Å². The number of carbonyl (C=O) groups is 1. The Bertz CT molecular complexity index is 732. The van der Waals surface area contributed by atoms with Crippen LogP contribution in [-0.4, -0.2) is 43.4 Å². The van der Waals surface area contributed by atoms with E-state index in [1.807, 2.05) is 30.3 Å². The lowest BCUT2D eigenvalue weighted by molar-refractivity contribution is 0.166. The van der Waals surface area contributed by atoms with E-state index in [0.717, 1.165) is 36.7 Å². The highest BCUT2D eigenvalue weighted by Crippen LogP contribution is 2.15. The summed E-state index contributed by atoms with van der Waals surface area (Å²) in [5.74, 6) is 0.717. The van der Waals surface area contributed by atoms with Crippen molar-refractivity contribution in [1.82, 2.24) is 4.90 Å². The van der Waals surface area contributed by atoms with Crippen LogP contribution in [0.1, 0.15) is 25.8 Å². The van der Waals surface area contributed by atoms with Gasteiger partial charge in [-0.05, 0) is 42.9 Å². The molecule has 0 aromatic heterocycles. The van der Waals surface area contributed by atoms with Crippen LogP contribution < -0.4 is 10.1 Å². The third-order valence-electron chi connectivity index (χ3n) is 4.24. The van der Waals surface area contributed by atoms with Crippen LogP contribution in [-0.2, 0) is 4.84 Å². The zero-order chi connectivity index (χ0) is 19.5. The van der Waals surface area contributed by atoms with Gasteiger partial charge in [-0.15, -0.1) is 12.4 Å². The highest BCUT2D eigenvalue weighted by Gasteiger charge is 2.09. The number of anilines is 1. The van der Waals surface area contributed by atoms with Crippen LogP contribution in [0.4, 0.5) is 10.5 Å². The van der Waals surface area contributed by atoms with Gasteiger partial charge in [0.1, 0.15) is 5.75 Å². The number of nitrogens with zero attached hydrogens (tertiary/aromatic N) is 2. The topological polar surface area (TPSA) is 63.2 Å². The van der Waals surface area contributed by atoms with E-state index in [4.69, 9.17) is 9.57 Å². The molecule has 0 aliphatic carbocycles. The molecule has 0 bridgehead atoms. The third kappa shape index (κ3) is 7.58. The molecular formula is C21H28ClN3O3. The van der Waals surface area contributed by atoms with Crippen LogP contribution in [0, 0.1) is 0 Å². The number of nitrogens with one attached hydrogen (secondary N) is 1. The Hall–Kier alpha value is -2.57. The Morgan fingerprint density at radius 2 is 1.68 bits per heavy atom. The van der Waals surface area contributed by atoms with Crippen LogP contribution in [0.25, 0.3) is 0 Å². The minimum absolute atomic E-state index is 0. The molecule has 0 fully saturated rings. The van der Waals surface area contributed by atoms with Crippen molar-refractivity contribution in [3.05, 3.63) is 60.2 Å². The van der Waals surface area contributed by atoms with Crippen molar-refractivity contribution in [2.45, 2.75) is 20.3 Å². The summed E-state index contributed by atoms with van der Waals surface area (Å²) in [6.45, 7) is 7.04. The van der Waals surface area contributed by atoms with Crippen LogP contribution >= 0.6 is 12.4 Å². The Morgan fingerprint density at radius 1 is 1.04 bits per heavy atom. The number of ether oxygens (including phenoxy) is 1. The van der Waals surface area contributed by atoms with Crippen molar-refractivity contribution >= 4 is 29.9 Å². The number of hydrogen-bond donors (Lipinski definition) is 1. The van der Waals surface area contributed by atoms with E-state index in [9.17, 15) is 4.79 Å². The summed E-state index contributed by atoms with van der Waals surface area (Å²) in [5.41, 5.74) is 2.30. The first-order valence-electron chi connectivity index (χ1n) is 9.13. The number of oxime groups is 1. The number of carbonyl (C=O) groups excluding carboxylic acids is 1. The zero-order valence-corrected chi connectivity index (χ0v) is 17.4. The number of rotatable bonds is 9. The normalized spacial score (nSPS) is 10.9. The Labute approximate surface area is 172 Å². The summed E-state index contributed by atoms with van der Waals surface area (Å²) in [7, 11) is 1.59. The summed E-state index contributed by atoms with van der Waals surface area (Å²) < 4.78 is 5.10. The van der Waals surface area contributed by atoms with Crippen LogP contribution in [0.3, 0.4) is 0 Å². The zero-order valence-electron chi connectivity index (χ0n) is 16.6. The number of hydrogen-bond acceptors (Lipinski definition) is 5. The molecule has 152 valence electrons. The first-order chi connectivity index (χ1) is 13.2. The molecule has 0 heterocycles. The van der Waals surface area contributed by atoms with Crippen LogP contribution in [0.5, 0.6) is 5.75 Å². The Kier molecular flexibility index (Phi) is 10.7.